The summed E-state index contributed by atoms with van der Waals surface area (Å²) in [7, 11) is 0. The molecule has 0 bridgehead atoms. The molecule has 1 aliphatic heterocycles. The molecule has 0 spiro atoms. The molecule has 3 nitrogen and oxygen atoms in total. The first-order chi connectivity index (χ1) is 5.69. The van der Waals surface area contributed by atoms with Crippen LogP contribution in [0.5, 0.6) is 0 Å². The molecule has 2 fully saturated rings. The summed E-state index contributed by atoms with van der Waals surface area (Å²) < 4.78 is 0. The molecule has 1 aliphatic carbocycles. The Balaban J connectivity index is 2.28. The van der Waals surface area contributed by atoms with Crippen LogP contribution in [0.25, 0.3) is 0 Å². The highest BCUT2D eigenvalue weighted by Gasteiger charge is 2.55. The van der Waals surface area contributed by atoms with Crippen molar-refractivity contribution < 1.29 is 4.79 Å². The Morgan fingerprint density at radius 1 is 1.67 bits per heavy atom. The number of nitriles is 1. The van der Waals surface area contributed by atoms with Crippen molar-refractivity contribution in [3.8, 4) is 6.07 Å². The highest BCUT2D eigenvalue weighted by atomic mass is 16.2. The summed E-state index contributed by atoms with van der Waals surface area (Å²) in [5.41, 5.74) is -0.667. The molecule has 1 amide bonds. The van der Waals surface area contributed by atoms with Crippen molar-refractivity contribution in [3.63, 3.8) is 0 Å². The molecule has 0 radical (unpaired) electrons. The third-order valence-electron chi connectivity index (χ3n) is 2.88. The number of hydrogen-bond donors (Lipinski definition) is 1. The van der Waals surface area contributed by atoms with Gasteiger partial charge < -0.3 is 5.32 Å². The van der Waals surface area contributed by atoms with Crippen LogP contribution >= 0.6 is 0 Å². The predicted octanol–water partition coefficient (Wildman–Crippen LogP) is 0.815. The van der Waals surface area contributed by atoms with Gasteiger partial charge in [-0.15, -0.1) is 0 Å². The van der Waals surface area contributed by atoms with Crippen LogP contribution in [0.3, 0.4) is 0 Å². The molecular formula is C9H12N2O. The quantitative estimate of drug-likeness (QED) is 0.623. The van der Waals surface area contributed by atoms with Crippen LogP contribution < -0.4 is 5.32 Å². The average molecular weight is 164 g/mol. The van der Waals surface area contributed by atoms with Crippen molar-refractivity contribution in [1.29, 1.82) is 5.26 Å². The molecule has 1 unspecified atom stereocenters. The zero-order valence-electron chi connectivity index (χ0n) is 7.13. The van der Waals surface area contributed by atoms with E-state index in [0.29, 0.717) is 12.3 Å². The third kappa shape index (κ3) is 0.842. The van der Waals surface area contributed by atoms with Gasteiger partial charge in [-0.1, -0.05) is 0 Å². The van der Waals surface area contributed by atoms with Crippen molar-refractivity contribution in [2.24, 2.45) is 11.3 Å². The Kier molecular flexibility index (Phi) is 1.41. The molecule has 1 saturated heterocycles. The van der Waals surface area contributed by atoms with Gasteiger partial charge in [-0.2, -0.15) is 5.26 Å². The van der Waals surface area contributed by atoms with Crippen molar-refractivity contribution >= 4 is 5.91 Å². The topological polar surface area (TPSA) is 52.9 Å². The molecule has 0 aromatic carbocycles. The molecule has 2 atom stereocenters. The van der Waals surface area contributed by atoms with Crippen LogP contribution in [0.1, 0.15) is 26.2 Å². The van der Waals surface area contributed by atoms with E-state index in [0.717, 1.165) is 12.8 Å². The summed E-state index contributed by atoms with van der Waals surface area (Å²) in [5, 5.41) is 11.8. The van der Waals surface area contributed by atoms with Crippen molar-refractivity contribution in [2.75, 3.05) is 0 Å². The summed E-state index contributed by atoms with van der Waals surface area (Å²) >= 11 is 0. The van der Waals surface area contributed by atoms with E-state index in [9.17, 15) is 4.79 Å². The second-order valence-corrected chi connectivity index (χ2v) is 3.94. The number of nitrogens with zero attached hydrogens (tertiary/aromatic N) is 1. The molecule has 0 aromatic rings. The van der Waals surface area contributed by atoms with Gasteiger partial charge in [0.2, 0.25) is 5.91 Å². The largest absolute Gasteiger partial charge is 0.352 e. The SMILES string of the molecule is CC1C[C@@](C#N)(C2CC2)C(=O)N1. The van der Waals surface area contributed by atoms with Crippen molar-refractivity contribution in [1.82, 2.24) is 5.32 Å². The van der Waals surface area contributed by atoms with Gasteiger partial charge in [0, 0.05) is 6.04 Å². The van der Waals surface area contributed by atoms with Gasteiger partial charge in [0.1, 0.15) is 5.41 Å². The van der Waals surface area contributed by atoms with Crippen molar-refractivity contribution in [2.45, 2.75) is 32.2 Å². The second kappa shape index (κ2) is 2.22. The maximum atomic E-state index is 11.5. The predicted molar refractivity (Wildman–Crippen MR) is 43.0 cm³/mol. The van der Waals surface area contributed by atoms with Crippen LogP contribution in [-0.2, 0) is 4.79 Å². The minimum Gasteiger partial charge on any atom is -0.352 e. The molecule has 1 saturated carbocycles. The Hall–Kier alpha value is -1.04. The molecule has 12 heavy (non-hydrogen) atoms. The van der Waals surface area contributed by atoms with Gasteiger partial charge in [0.25, 0.3) is 0 Å². The van der Waals surface area contributed by atoms with Crippen LogP contribution in [0, 0.1) is 22.7 Å². The van der Waals surface area contributed by atoms with Crippen LogP contribution in [0.4, 0.5) is 0 Å². The third-order valence-corrected chi connectivity index (χ3v) is 2.88. The van der Waals surface area contributed by atoms with E-state index >= 15 is 0 Å². The smallest absolute Gasteiger partial charge is 0.241 e. The first-order valence-corrected chi connectivity index (χ1v) is 4.41. The number of amides is 1. The van der Waals surface area contributed by atoms with Crippen LogP contribution in [0.2, 0.25) is 0 Å². The van der Waals surface area contributed by atoms with Gasteiger partial charge in [-0.25, -0.2) is 0 Å². The Morgan fingerprint density at radius 2 is 2.33 bits per heavy atom. The molecule has 2 aliphatic rings. The normalized spacial score (nSPS) is 40.7. The fourth-order valence-corrected chi connectivity index (χ4v) is 2.10. The first-order valence-electron chi connectivity index (χ1n) is 4.41. The van der Waals surface area contributed by atoms with E-state index in [1.165, 1.54) is 0 Å². The van der Waals surface area contributed by atoms with Crippen LogP contribution in [0.15, 0.2) is 0 Å². The Morgan fingerprint density at radius 3 is 2.67 bits per heavy atom. The van der Waals surface area contributed by atoms with Gasteiger partial charge in [-0.3, -0.25) is 4.79 Å². The molecule has 1 heterocycles. The summed E-state index contributed by atoms with van der Waals surface area (Å²) in [6, 6.07) is 2.39. The number of rotatable bonds is 1. The van der Waals surface area contributed by atoms with Crippen molar-refractivity contribution in [3.05, 3.63) is 0 Å². The summed E-state index contributed by atoms with van der Waals surface area (Å²) in [6.07, 6.45) is 2.80. The molecular weight excluding hydrogens is 152 g/mol. The monoisotopic (exact) mass is 164 g/mol. The lowest BCUT2D eigenvalue weighted by Crippen LogP contribution is -2.32. The lowest BCUT2D eigenvalue weighted by atomic mass is 9.81. The van der Waals surface area contributed by atoms with Gasteiger partial charge >= 0.3 is 0 Å². The fourth-order valence-electron chi connectivity index (χ4n) is 2.10. The molecule has 64 valence electrons. The van der Waals surface area contributed by atoms with Crippen LogP contribution in [-0.4, -0.2) is 11.9 Å². The summed E-state index contributed by atoms with van der Waals surface area (Å²) in [4.78, 5) is 11.5. The van der Waals surface area contributed by atoms with E-state index in [2.05, 4.69) is 11.4 Å². The summed E-state index contributed by atoms with van der Waals surface area (Å²) in [6.45, 7) is 1.96. The lowest BCUT2D eigenvalue weighted by molar-refractivity contribution is -0.126. The lowest BCUT2D eigenvalue weighted by Gasteiger charge is -2.15. The van der Waals surface area contributed by atoms with Gasteiger partial charge in [-0.05, 0) is 32.1 Å². The maximum Gasteiger partial charge on any atom is 0.241 e. The zero-order valence-corrected chi connectivity index (χ0v) is 7.13. The Labute approximate surface area is 71.8 Å². The van der Waals surface area contributed by atoms with E-state index in [1.807, 2.05) is 6.92 Å². The standard InChI is InChI=1S/C9H12N2O/c1-6-4-9(5-10,7-2-3-7)8(12)11-6/h6-7H,2-4H2,1H3,(H,11,12)/t6?,9-/m1/s1. The van der Waals surface area contributed by atoms with E-state index < -0.39 is 5.41 Å². The van der Waals surface area contributed by atoms with E-state index in [4.69, 9.17) is 5.26 Å². The van der Waals surface area contributed by atoms with E-state index in [-0.39, 0.29) is 11.9 Å². The minimum atomic E-state index is -0.667. The fraction of sp³-hybridized carbons (Fsp3) is 0.778. The highest BCUT2D eigenvalue weighted by molar-refractivity contribution is 5.88. The average Bonchev–Trinajstić information content (AvgIpc) is 2.79. The van der Waals surface area contributed by atoms with Gasteiger partial charge in [0.05, 0.1) is 6.07 Å². The molecule has 3 heteroatoms. The minimum absolute atomic E-state index is 0.0417. The second-order valence-electron chi connectivity index (χ2n) is 3.94. The molecule has 2 rings (SSSR count). The highest BCUT2D eigenvalue weighted by Crippen LogP contribution is 2.50. The first kappa shape index (κ1) is 7.60. The number of carbonyl (C=O) groups excluding carboxylic acids is 1. The van der Waals surface area contributed by atoms with E-state index in [1.54, 1.807) is 0 Å². The number of hydrogen-bond acceptors (Lipinski definition) is 2. The summed E-state index contributed by atoms with van der Waals surface area (Å²) in [5.74, 6) is 0.299. The number of carbonyl (C=O) groups is 1. The molecule has 0 aromatic heterocycles. The zero-order chi connectivity index (χ0) is 8.77. The number of nitrogens with one attached hydrogen (secondary N) is 1. The molecule has 1 N–H and O–H groups in total. The Bertz CT molecular complexity index is 264. The van der Waals surface area contributed by atoms with Gasteiger partial charge in [0.15, 0.2) is 0 Å². The maximum absolute atomic E-state index is 11.5.